The van der Waals surface area contributed by atoms with Crippen LogP contribution >= 0.6 is 0 Å². The molecule has 0 aliphatic carbocycles. The molecule has 0 saturated carbocycles. The Morgan fingerprint density at radius 3 is 2.31 bits per heavy atom. The molecule has 0 bridgehead atoms. The van der Waals surface area contributed by atoms with Crippen LogP contribution in [0.25, 0.3) is 0 Å². The van der Waals surface area contributed by atoms with Crippen LogP contribution in [0.4, 0.5) is 0 Å². The minimum atomic E-state index is -0.400. The number of carbonyl (C=O) groups is 1. The van der Waals surface area contributed by atoms with Crippen LogP contribution in [0.3, 0.4) is 0 Å². The zero-order valence-electron chi connectivity index (χ0n) is 7.20. The number of hydrogen-bond acceptors (Lipinski definition) is 2. The Kier molecular flexibility index (Phi) is 6.80. The van der Waals surface area contributed by atoms with Gasteiger partial charge < -0.3 is 15.7 Å². The summed E-state index contributed by atoms with van der Waals surface area (Å²) in [6.07, 6.45) is 0. The molecule has 0 unspecified atom stereocenters. The first-order valence-electron chi connectivity index (χ1n) is 3.18. The molecule has 2 radical (unpaired) electrons. The van der Waals surface area contributed by atoms with Crippen molar-refractivity contribution in [3.05, 3.63) is 29.8 Å². The average Bonchev–Trinajstić information content (AvgIpc) is 2.04. The molecule has 1 aromatic rings. The standard InChI is InChI=1S/C8H7BO2.2H2O/c1-11-8(10)6-4-2-3-5-7(6)9;;/h2-5H,1H3;2*1H2. The molecule has 1 aromatic carbocycles. The van der Waals surface area contributed by atoms with Crippen LogP contribution in [-0.4, -0.2) is 31.9 Å². The molecular formula is C8H11BO4. The fourth-order valence-corrected chi connectivity index (χ4v) is 0.793. The van der Waals surface area contributed by atoms with E-state index in [1.807, 2.05) is 0 Å². The molecule has 1 rings (SSSR count). The number of hydrogen-bond donors (Lipinski definition) is 0. The van der Waals surface area contributed by atoms with E-state index in [1.165, 1.54) is 7.11 Å². The maximum Gasteiger partial charge on any atom is 0.337 e. The van der Waals surface area contributed by atoms with E-state index in [2.05, 4.69) is 4.74 Å². The summed E-state index contributed by atoms with van der Waals surface area (Å²) in [5.74, 6) is -0.400. The summed E-state index contributed by atoms with van der Waals surface area (Å²) in [6.45, 7) is 0. The lowest BCUT2D eigenvalue weighted by Crippen LogP contribution is -2.16. The molecule has 0 atom stereocenters. The van der Waals surface area contributed by atoms with Crippen LogP contribution in [-0.2, 0) is 4.74 Å². The Balaban J connectivity index is 0. The normalized spacial score (nSPS) is 7.77. The molecular weight excluding hydrogens is 171 g/mol. The summed E-state index contributed by atoms with van der Waals surface area (Å²) in [5.41, 5.74) is 0.856. The number of benzene rings is 1. The first-order chi connectivity index (χ1) is 5.25. The van der Waals surface area contributed by atoms with Gasteiger partial charge in [0.2, 0.25) is 0 Å². The van der Waals surface area contributed by atoms with Gasteiger partial charge in [0.25, 0.3) is 0 Å². The van der Waals surface area contributed by atoms with E-state index in [9.17, 15) is 4.79 Å². The van der Waals surface area contributed by atoms with Crippen LogP contribution in [0, 0.1) is 0 Å². The van der Waals surface area contributed by atoms with E-state index < -0.39 is 5.97 Å². The van der Waals surface area contributed by atoms with E-state index >= 15 is 0 Å². The summed E-state index contributed by atoms with van der Waals surface area (Å²) < 4.78 is 4.50. The smallest absolute Gasteiger partial charge is 0.337 e. The van der Waals surface area contributed by atoms with Gasteiger partial charge in [-0.3, -0.25) is 0 Å². The first kappa shape index (κ1) is 14.2. The van der Waals surface area contributed by atoms with E-state index in [0.29, 0.717) is 11.0 Å². The van der Waals surface area contributed by atoms with Crippen molar-refractivity contribution < 1.29 is 20.5 Å². The molecule has 0 fully saturated rings. The third kappa shape index (κ3) is 3.27. The summed E-state index contributed by atoms with van der Waals surface area (Å²) in [5, 5.41) is 0. The highest BCUT2D eigenvalue weighted by atomic mass is 16.5. The van der Waals surface area contributed by atoms with Gasteiger partial charge in [-0.2, -0.15) is 0 Å². The monoisotopic (exact) mass is 182 g/mol. The Hall–Kier alpha value is -1.33. The van der Waals surface area contributed by atoms with E-state index in [-0.39, 0.29) is 11.0 Å². The van der Waals surface area contributed by atoms with Crippen molar-refractivity contribution in [2.24, 2.45) is 0 Å². The minimum Gasteiger partial charge on any atom is -0.465 e. The highest BCUT2D eigenvalue weighted by molar-refractivity contribution is 6.36. The number of esters is 1. The molecule has 0 aliphatic heterocycles. The fourth-order valence-electron chi connectivity index (χ4n) is 0.793. The van der Waals surface area contributed by atoms with Gasteiger partial charge in [-0.1, -0.05) is 23.7 Å². The van der Waals surface area contributed by atoms with Crippen molar-refractivity contribution in [2.75, 3.05) is 7.11 Å². The number of rotatable bonds is 1. The predicted octanol–water partition coefficient (Wildman–Crippen LogP) is -1.38. The van der Waals surface area contributed by atoms with Crippen LogP contribution in [0.15, 0.2) is 24.3 Å². The fraction of sp³-hybridized carbons (Fsp3) is 0.125. The topological polar surface area (TPSA) is 89.3 Å². The SMILES string of the molecule is O.O.[B]c1ccccc1C(=O)OC. The van der Waals surface area contributed by atoms with Gasteiger partial charge in [0.15, 0.2) is 0 Å². The van der Waals surface area contributed by atoms with Crippen molar-refractivity contribution >= 4 is 19.3 Å². The molecule has 0 amide bonds. The molecule has 4 nitrogen and oxygen atoms in total. The summed E-state index contributed by atoms with van der Waals surface area (Å²) in [4.78, 5) is 10.9. The van der Waals surface area contributed by atoms with Crippen LogP contribution < -0.4 is 5.46 Å². The second-order valence-corrected chi connectivity index (χ2v) is 2.08. The van der Waals surface area contributed by atoms with Gasteiger partial charge in [-0.25, -0.2) is 4.79 Å². The van der Waals surface area contributed by atoms with Crippen molar-refractivity contribution in [1.82, 2.24) is 0 Å². The van der Waals surface area contributed by atoms with Crippen LogP contribution in [0.1, 0.15) is 10.4 Å². The molecule has 5 heteroatoms. The number of ether oxygens (including phenoxy) is 1. The number of carbonyl (C=O) groups excluding carboxylic acids is 1. The Morgan fingerprint density at radius 2 is 1.85 bits per heavy atom. The van der Waals surface area contributed by atoms with E-state index in [4.69, 9.17) is 7.85 Å². The highest BCUT2D eigenvalue weighted by Gasteiger charge is 2.05. The molecule has 0 saturated heterocycles. The quantitative estimate of drug-likeness (QED) is 0.395. The Labute approximate surface area is 77.5 Å². The van der Waals surface area contributed by atoms with Crippen molar-refractivity contribution in [1.29, 1.82) is 0 Å². The predicted molar refractivity (Wildman–Crippen MR) is 50.4 cm³/mol. The van der Waals surface area contributed by atoms with Crippen LogP contribution in [0.2, 0.25) is 0 Å². The van der Waals surface area contributed by atoms with Gasteiger partial charge in [-0.15, -0.1) is 0 Å². The second kappa shape index (κ2) is 6.22. The van der Waals surface area contributed by atoms with Crippen molar-refractivity contribution in [3.8, 4) is 0 Å². The Bertz CT molecular complexity index is 275. The third-order valence-electron chi connectivity index (χ3n) is 1.37. The molecule has 0 heterocycles. The molecule has 13 heavy (non-hydrogen) atoms. The Morgan fingerprint density at radius 1 is 1.31 bits per heavy atom. The minimum absolute atomic E-state index is 0. The van der Waals surface area contributed by atoms with E-state index in [0.717, 1.165) is 0 Å². The maximum atomic E-state index is 10.9. The lowest BCUT2D eigenvalue weighted by molar-refractivity contribution is 0.0602. The van der Waals surface area contributed by atoms with Crippen molar-refractivity contribution in [2.45, 2.75) is 0 Å². The van der Waals surface area contributed by atoms with E-state index in [1.54, 1.807) is 24.3 Å². The largest absolute Gasteiger partial charge is 0.465 e. The molecule has 0 aromatic heterocycles. The molecule has 0 aliphatic rings. The summed E-state index contributed by atoms with van der Waals surface area (Å²) in [7, 11) is 6.82. The first-order valence-corrected chi connectivity index (χ1v) is 3.18. The maximum absolute atomic E-state index is 10.9. The second-order valence-electron chi connectivity index (χ2n) is 2.08. The van der Waals surface area contributed by atoms with Gasteiger partial charge >= 0.3 is 5.97 Å². The van der Waals surface area contributed by atoms with Gasteiger partial charge in [0.05, 0.1) is 12.7 Å². The van der Waals surface area contributed by atoms with Gasteiger partial charge in [0, 0.05) is 0 Å². The zero-order valence-corrected chi connectivity index (χ0v) is 7.20. The van der Waals surface area contributed by atoms with Gasteiger partial charge in [-0.05, 0) is 6.07 Å². The lowest BCUT2D eigenvalue weighted by Gasteiger charge is -2.01. The molecule has 70 valence electrons. The van der Waals surface area contributed by atoms with Gasteiger partial charge in [0.1, 0.15) is 7.85 Å². The summed E-state index contributed by atoms with van der Waals surface area (Å²) >= 11 is 0. The summed E-state index contributed by atoms with van der Waals surface area (Å²) in [6, 6.07) is 6.79. The average molecular weight is 182 g/mol. The third-order valence-corrected chi connectivity index (χ3v) is 1.37. The number of methoxy groups -OCH3 is 1. The molecule has 4 N–H and O–H groups in total. The lowest BCUT2D eigenvalue weighted by atomic mass is 9.91. The molecule has 0 spiro atoms. The van der Waals surface area contributed by atoms with Crippen molar-refractivity contribution in [3.63, 3.8) is 0 Å². The highest BCUT2D eigenvalue weighted by Crippen LogP contribution is 1.95. The zero-order chi connectivity index (χ0) is 8.27. The van der Waals surface area contributed by atoms with Crippen LogP contribution in [0.5, 0.6) is 0 Å².